The maximum atomic E-state index is 9.50. The fourth-order valence-electron chi connectivity index (χ4n) is 1.70. The summed E-state index contributed by atoms with van der Waals surface area (Å²) in [5.74, 6) is 0. The Bertz CT molecular complexity index is 130. The van der Waals surface area contributed by atoms with E-state index in [1.54, 1.807) is 0 Å². The van der Waals surface area contributed by atoms with Crippen molar-refractivity contribution >= 4 is 0 Å². The third kappa shape index (κ3) is 2.73. The smallest absolute Gasteiger partial charge is 0.0791 e. The molecule has 0 amide bonds. The van der Waals surface area contributed by atoms with Gasteiger partial charge in [0.05, 0.1) is 6.10 Å². The highest BCUT2D eigenvalue weighted by Crippen LogP contribution is 2.04. The minimum atomic E-state index is -0.193. The molecule has 0 bridgehead atoms. The quantitative estimate of drug-likeness (QED) is 0.618. The normalized spacial score (nSPS) is 33.2. The number of nitrogens with one attached hydrogen (secondary N) is 1. The van der Waals surface area contributed by atoms with E-state index in [-0.39, 0.29) is 6.10 Å². The molecule has 72 valence electrons. The van der Waals surface area contributed by atoms with Gasteiger partial charge in [-0.1, -0.05) is 6.92 Å². The summed E-state index contributed by atoms with van der Waals surface area (Å²) >= 11 is 0. The van der Waals surface area contributed by atoms with Crippen LogP contribution < -0.4 is 5.32 Å². The topological polar surface area (TPSA) is 35.5 Å². The standard InChI is InChI=1S/C9H20N2O/c1-3-4-11-7-9(12)6-10-5-8(11)2/h8-10,12H,3-7H2,1-2H3. The van der Waals surface area contributed by atoms with Gasteiger partial charge in [0.15, 0.2) is 0 Å². The van der Waals surface area contributed by atoms with E-state index < -0.39 is 0 Å². The van der Waals surface area contributed by atoms with Crippen LogP contribution in [0.2, 0.25) is 0 Å². The van der Waals surface area contributed by atoms with Gasteiger partial charge in [0, 0.05) is 25.7 Å². The van der Waals surface area contributed by atoms with Gasteiger partial charge in [0.1, 0.15) is 0 Å². The van der Waals surface area contributed by atoms with Crippen LogP contribution in [-0.4, -0.2) is 48.3 Å². The van der Waals surface area contributed by atoms with E-state index in [1.807, 2.05) is 0 Å². The van der Waals surface area contributed by atoms with E-state index in [4.69, 9.17) is 0 Å². The number of hydrogen-bond donors (Lipinski definition) is 2. The molecule has 0 aliphatic carbocycles. The van der Waals surface area contributed by atoms with Gasteiger partial charge in [-0.2, -0.15) is 0 Å². The summed E-state index contributed by atoms with van der Waals surface area (Å²) in [5, 5.41) is 12.7. The average Bonchev–Trinajstić information content (AvgIpc) is 2.16. The van der Waals surface area contributed by atoms with Gasteiger partial charge >= 0.3 is 0 Å². The molecule has 3 nitrogen and oxygen atoms in total. The molecular formula is C9H20N2O. The molecule has 0 radical (unpaired) electrons. The van der Waals surface area contributed by atoms with Gasteiger partial charge in [0.25, 0.3) is 0 Å². The summed E-state index contributed by atoms with van der Waals surface area (Å²) in [5.41, 5.74) is 0. The predicted molar refractivity (Wildman–Crippen MR) is 50.2 cm³/mol. The first-order valence-electron chi connectivity index (χ1n) is 4.87. The van der Waals surface area contributed by atoms with Crippen LogP contribution in [0.1, 0.15) is 20.3 Å². The minimum Gasteiger partial charge on any atom is -0.390 e. The Morgan fingerprint density at radius 2 is 2.25 bits per heavy atom. The van der Waals surface area contributed by atoms with Crippen LogP contribution in [0.15, 0.2) is 0 Å². The molecule has 1 fully saturated rings. The van der Waals surface area contributed by atoms with Crippen LogP contribution in [-0.2, 0) is 0 Å². The highest BCUT2D eigenvalue weighted by atomic mass is 16.3. The number of hydrogen-bond acceptors (Lipinski definition) is 3. The lowest BCUT2D eigenvalue weighted by molar-refractivity contribution is 0.114. The van der Waals surface area contributed by atoms with Crippen molar-refractivity contribution in [3.05, 3.63) is 0 Å². The number of β-amino-alcohol motifs (C(OH)–C–C–N with tert-alkyl or cyclic N) is 1. The molecule has 12 heavy (non-hydrogen) atoms. The summed E-state index contributed by atoms with van der Waals surface area (Å²) in [6.45, 7) is 8.04. The summed E-state index contributed by atoms with van der Waals surface area (Å²) in [7, 11) is 0. The Morgan fingerprint density at radius 3 is 2.92 bits per heavy atom. The van der Waals surface area contributed by atoms with Crippen LogP contribution in [0.4, 0.5) is 0 Å². The van der Waals surface area contributed by atoms with Gasteiger partial charge in [-0.05, 0) is 19.9 Å². The van der Waals surface area contributed by atoms with Gasteiger partial charge in [-0.3, -0.25) is 4.90 Å². The third-order valence-corrected chi connectivity index (χ3v) is 2.40. The fraction of sp³-hybridized carbons (Fsp3) is 1.00. The van der Waals surface area contributed by atoms with Crippen LogP contribution >= 0.6 is 0 Å². The monoisotopic (exact) mass is 172 g/mol. The largest absolute Gasteiger partial charge is 0.390 e. The molecular weight excluding hydrogens is 152 g/mol. The molecule has 0 saturated carbocycles. The number of nitrogens with zero attached hydrogens (tertiary/aromatic N) is 1. The molecule has 1 saturated heterocycles. The van der Waals surface area contributed by atoms with Crippen molar-refractivity contribution in [2.24, 2.45) is 0 Å². The van der Waals surface area contributed by atoms with Crippen molar-refractivity contribution in [1.82, 2.24) is 10.2 Å². The van der Waals surface area contributed by atoms with Crippen molar-refractivity contribution in [1.29, 1.82) is 0 Å². The average molecular weight is 172 g/mol. The zero-order chi connectivity index (χ0) is 8.97. The van der Waals surface area contributed by atoms with E-state index in [0.717, 1.165) is 32.6 Å². The first-order valence-corrected chi connectivity index (χ1v) is 4.87. The molecule has 2 N–H and O–H groups in total. The molecule has 1 aliphatic heterocycles. The highest BCUT2D eigenvalue weighted by molar-refractivity contribution is 4.78. The van der Waals surface area contributed by atoms with Gasteiger partial charge in [-0.25, -0.2) is 0 Å². The zero-order valence-corrected chi connectivity index (χ0v) is 8.08. The number of rotatable bonds is 2. The first-order chi connectivity index (χ1) is 5.74. The lowest BCUT2D eigenvalue weighted by Gasteiger charge is -2.26. The molecule has 1 rings (SSSR count). The molecule has 0 aromatic rings. The van der Waals surface area contributed by atoms with Gasteiger partial charge in [0.2, 0.25) is 0 Å². The lowest BCUT2D eigenvalue weighted by Crippen LogP contribution is -2.39. The lowest BCUT2D eigenvalue weighted by atomic mass is 10.2. The Balaban J connectivity index is 2.42. The maximum absolute atomic E-state index is 9.50. The second kappa shape index (κ2) is 4.80. The molecule has 1 aliphatic rings. The second-order valence-electron chi connectivity index (χ2n) is 3.66. The van der Waals surface area contributed by atoms with Crippen molar-refractivity contribution in [2.75, 3.05) is 26.2 Å². The molecule has 0 spiro atoms. The van der Waals surface area contributed by atoms with Crippen molar-refractivity contribution in [2.45, 2.75) is 32.4 Å². The Kier molecular flexibility index (Phi) is 3.98. The van der Waals surface area contributed by atoms with Gasteiger partial charge < -0.3 is 10.4 Å². The molecule has 3 heteroatoms. The third-order valence-electron chi connectivity index (χ3n) is 2.40. The SMILES string of the molecule is CCCN1CC(O)CNCC1C. The van der Waals surface area contributed by atoms with Crippen molar-refractivity contribution in [3.63, 3.8) is 0 Å². The van der Waals surface area contributed by atoms with E-state index in [2.05, 4.69) is 24.1 Å². The maximum Gasteiger partial charge on any atom is 0.0791 e. The summed E-state index contributed by atoms with van der Waals surface area (Å²) < 4.78 is 0. The molecule has 1 heterocycles. The van der Waals surface area contributed by atoms with E-state index >= 15 is 0 Å². The van der Waals surface area contributed by atoms with E-state index in [0.29, 0.717) is 6.04 Å². The summed E-state index contributed by atoms with van der Waals surface area (Å²) in [6, 6.07) is 0.557. The van der Waals surface area contributed by atoms with Gasteiger partial charge in [-0.15, -0.1) is 0 Å². The van der Waals surface area contributed by atoms with Crippen molar-refractivity contribution < 1.29 is 5.11 Å². The second-order valence-corrected chi connectivity index (χ2v) is 3.66. The Morgan fingerprint density at radius 1 is 1.50 bits per heavy atom. The van der Waals surface area contributed by atoms with E-state index in [9.17, 15) is 5.11 Å². The predicted octanol–water partition coefficient (Wildman–Crippen LogP) is 0.0510. The fourth-order valence-corrected chi connectivity index (χ4v) is 1.70. The molecule has 0 aromatic heterocycles. The number of aliphatic hydroxyl groups excluding tert-OH is 1. The first kappa shape index (κ1) is 9.96. The van der Waals surface area contributed by atoms with Crippen LogP contribution in [0.3, 0.4) is 0 Å². The zero-order valence-electron chi connectivity index (χ0n) is 8.08. The Labute approximate surface area is 74.8 Å². The van der Waals surface area contributed by atoms with Crippen LogP contribution in [0.25, 0.3) is 0 Å². The summed E-state index contributed by atoms with van der Waals surface area (Å²) in [6.07, 6.45) is 0.971. The number of aliphatic hydroxyl groups is 1. The summed E-state index contributed by atoms with van der Waals surface area (Å²) in [4.78, 5) is 2.35. The van der Waals surface area contributed by atoms with E-state index in [1.165, 1.54) is 0 Å². The van der Waals surface area contributed by atoms with Crippen molar-refractivity contribution in [3.8, 4) is 0 Å². The Hall–Kier alpha value is -0.120. The molecule has 2 atom stereocenters. The highest BCUT2D eigenvalue weighted by Gasteiger charge is 2.20. The molecule has 0 aromatic carbocycles. The minimum absolute atomic E-state index is 0.193. The van der Waals surface area contributed by atoms with Crippen LogP contribution in [0, 0.1) is 0 Å². The molecule has 2 unspecified atom stereocenters. The van der Waals surface area contributed by atoms with Crippen LogP contribution in [0.5, 0.6) is 0 Å².